The molecule has 100 valence electrons. The van der Waals surface area contributed by atoms with Gasteiger partial charge in [-0.1, -0.05) is 13.3 Å². The molecule has 0 atom stereocenters. The first-order chi connectivity index (χ1) is 9.08. The first-order valence-electron chi connectivity index (χ1n) is 5.90. The van der Waals surface area contributed by atoms with Crippen molar-refractivity contribution in [1.29, 1.82) is 0 Å². The maximum atomic E-state index is 13.0. The average Bonchev–Trinajstić information content (AvgIpc) is 2.76. The summed E-state index contributed by atoms with van der Waals surface area (Å²) in [5.74, 6) is -1.86. The number of hydrogen-bond donors (Lipinski definition) is 2. The molecule has 1 aromatic heterocycles. The quantitative estimate of drug-likeness (QED) is 0.893. The highest BCUT2D eigenvalue weighted by Crippen LogP contribution is 2.12. The number of H-pyrrole nitrogens is 1. The minimum atomic E-state index is -0.793. The number of aryl methyl sites for hydroxylation is 1. The number of carbonyl (C=O) groups excluding carboxylic acids is 1. The van der Waals surface area contributed by atoms with E-state index in [9.17, 15) is 13.6 Å². The Morgan fingerprint density at radius 2 is 1.95 bits per heavy atom. The molecule has 1 heterocycles. The molecular weight excluding hydrogens is 252 g/mol. The number of hydrogen-bond acceptors (Lipinski definition) is 2. The standard InChI is InChI=1S/C13H13F2N3O/c1-2-3-11-7-12(18-17-11)16-13(19)8-4-9(14)6-10(15)5-8/h4-7H,2-3H2,1H3,(H2,16,17,18,19). The molecule has 2 aromatic rings. The van der Waals surface area contributed by atoms with Gasteiger partial charge >= 0.3 is 0 Å². The molecule has 0 bridgehead atoms. The molecule has 0 radical (unpaired) electrons. The predicted molar refractivity (Wildman–Crippen MR) is 66.9 cm³/mol. The Labute approximate surface area is 108 Å². The van der Waals surface area contributed by atoms with Crippen LogP contribution < -0.4 is 5.32 Å². The highest BCUT2D eigenvalue weighted by atomic mass is 19.1. The Bertz CT molecular complexity index is 575. The van der Waals surface area contributed by atoms with E-state index >= 15 is 0 Å². The summed E-state index contributed by atoms with van der Waals surface area (Å²) in [6, 6.07) is 4.35. The number of aromatic amines is 1. The summed E-state index contributed by atoms with van der Waals surface area (Å²) in [5.41, 5.74) is 0.806. The zero-order valence-electron chi connectivity index (χ0n) is 10.3. The third-order valence-electron chi connectivity index (χ3n) is 2.52. The number of nitrogens with one attached hydrogen (secondary N) is 2. The summed E-state index contributed by atoms with van der Waals surface area (Å²) in [5, 5.41) is 9.15. The van der Waals surface area contributed by atoms with Gasteiger partial charge in [-0.15, -0.1) is 0 Å². The van der Waals surface area contributed by atoms with Crippen LogP contribution in [0.25, 0.3) is 0 Å². The van der Waals surface area contributed by atoms with Crippen molar-refractivity contribution in [2.24, 2.45) is 0 Å². The van der Waals surface area contributed by atoms with Crippen molar-refractivity contribution < 1.29 is 13.6 Å². The van der Waals surface area contributed by atoms with Gasteiger partial charge < -0.3 is 5.32 Å². The van der Waals surface area contributed by atoms with E-state index in [1.54, 1.807) is 6.07 Å². The molecule has 0 fully saturated rings. The Hall–Kier alpha value is -2.24. The normalized spacial score (nSPS) is 10.5. The molecule has 6 heteroatoms. The van der Waals surface area contributed by atoms with Crippen molar-refractivity contribution in [2.75, 3.05) is 5.32 Å². The molecule has 0 aliphatic carbocycles. The topological polar surface area (TPSA) is 57.8 Å². The second-order valence-electron chi connectivity index (χ2n) is 4.14. The van der Waals surface area contributed by atoms with Crippen LogP contribution in [0, 0.1) is 11.6 Å². The molecule has 4 nitrogen and oxygen atoms in total. The van der Waals surface area contributed by atoms with Crippen molar-refractivity contribution in [3.8, 4) is 0 Å². The number of halogens is 2. The van der Waals surface area contributed by atoms with Crippen molar-refractivity contribution in [3.63, 3.8) is 0 Å². The molecule has 0 spiro atoms. The predicted octanol–water partition coefficient (Wildman–Crippen LogP) is 2.89. The summed E-state index contributed by atoms with van der Waals surface area (Å²) >= 11 is 0. The Balaban J connectivity index is 2.11. The first kappa shape index (κ1) is 13.2. The van der Waals surface area contributed by atoms with E-state index in [-0.39, 0.29) is 5.56 Å². The van der Waals surface area contributed by atoms with Gasteiger partial charge in [0.1, 0.15) is 11.6 Å². The number of amides is 1. The lowest BCUT2D eigenvalue weighted by molar-refractivity contribution is 0.102. The Morgan fingerprint density at radius 1 is 1.26 bits per heavy atom. The fourth-order valence-electron chi connectivity index (χ4n) is 1.70. The third-order valence-corrected chi connectivity index (χ3v) is 2.52. The van der Waals surface area contributed by atoms with E-state index in [1.807, 2.05) is 6.92 Å². The fraction of sp³-hybridized carbons (Fsp3) is 0.231. The van der Waals surface area contributed by atoms with Gasteiger partial charge in [-0.25, -0.2) is 8.78 Å². The average molecular weight is 265 g/mol. The largest absolute Gasteiger partial charge is 0.305 e. The SMILES string of the molecule is CCCc1cc(NC(=O)c2cc(F)cc(F)c2)n[nH]1. The summed E-state index contributed by atoms with van der Waals surface area (Å²) in [6.45, 7) is 2.02. The highest BCUT2D eigenvalue weighted by Gasteiger charge is 2.11. The maximum Gasteiger partial charge on any atom is 0.257 e. The number of anilines is 1. The van der Waals surface area contributed by atoms with Crippen LogP contribution in [-0.2, 0) is 6.42 Å². The van der Waals surface area contributed by atoms with E-state index in [0.717, 1.165) is 30.7 Å². The van der Waals surface area contributed by atoms with E-state index < -0.39 is 17.5 Å². The molecular formula is C13H13F2N3O. The molecule has 1 aromatic carbocycles. The number of aromatic nitrogens is 2. The smallest absolute Gasteiger partial charge is 0.257 e. The molecule has 2 N–H and O–H groups in total. The lowest BCUT2D eigenvalue weighted by atomic mass is 10.2. The molecule has 0 saturated heterocycles. The van der Waals surface area contributed by atoms with E-state index in [4.69, 9.17) is 0 Å². The van der Waals surface area contributed by atoms with Crippen molar-refractivity contribution >= 4 is 11.7 Å². The second-order valence-corrected chi connectivity index (χ2v) is 4.14. The molecule has 19 heavy (non-hydrogen) atoms. The van der Waals surface area contributed by atoms with Gasteiger partial charge in [0.15, 0.2) is 5.82 Å². The monoisotopic (exact) mass is 265 g/mol. The van der Waals surface area contributed by atoms with Crippen LogP contribution in [0.15, 0.2) is 24.3 Å². The molecule has 0 aliphatic rings. The Kier molecular flexibility index (Phi) is 3.89. The zero-order valence-corrected chi connectivity index (χ0v) is 10.3. The van der Waals surface area contributed by atoms with Gasteiger partial charge in [0.05, 0.1) is 0 Å². The summed E-state index contributed by atoms with van der Waals surface area (Å²) in [6.07, 6.45) is 1.77. The number of rotatable bonds is 4. The van der Waals surface area contributed by atoms with Crippen LogP contribution >= 0.6 is 0 Å². The van der Waals surface area contributed by atoms with E-state index in [2.05, 4.69) is 15.5 Å². The zero-order chi connectivity index (χ0) is 13.8. The molecule has 0 saturated carbocycles. The van der Waals surface area contributed by atoms with Gasteiger partial charge in [-0.05, 0) is 18.6 Å². The van der Waals surface area contributed by atoms with E-state index in [1.165, 1.54) is 0 Å². The van der Waals surface area contributed by atoms with Crippen molar-refractivity contribution in [2.45, 2.75) is 19.8 Å². The third kappa shape index (κ3) is 3.37. The molecule has 2 rings (SSSR count). The van der Waals surface area contributed by atoms with E-state index in [0.29, 0.717) is 11.9 Å². The fourth-order valence-corrected chi connectivity index (χ4v) is 1.70. The summed E-state index contributed by atoms with van der Waals surface area (Å²) in [7, 11) is 0. The Morgan fingerprint density at radius 3 is 2.58 bits per heavy atom. The van der Waals surface area contributed by atoms with Crippen LogP contribution in [-0.4, -0.2) is 16.1 Å². The van der Waals surface area contributed by atoms with Gasteiger partial charge in [-0.3, -0.25) is 9.89 Å². The molecule has 0 unspecified atom stereocenters. The summed E-state index contributed by atoms with van der Waals surface area (Å²) < 4.78 is 26.0. The number of carbonyl (C=O) groups is 1. The minimum absolute atomic E-state index is 0.0856. The van der Waals surface area contributed by atoms with Crippen LogP contribution in [0.5, 0.6) is 0 Å². The van der Waals surface area contributed by atoms with Crippen LogP contribution in [0.2, 0.25) is 0 Å². The number of benzene rings is 1. The highest BCUT2D eigenvalue weighted by molar-refractivity contribution is 6.03. The van der Waals surface area contributed by atoms with Gasteiger partial charge in [0.25, 0.3) is 5.91 Å². The molecule has 0 aliphatic heterocycles. The van der Waals surface area contributed by atoms with Gasteiger partial charge in [0.2, 0.25) is 0 Å². The van der Waals surface area contributed by atoms with Crippen molar-refractivity contribution in [1.82, 2.24) is 10.2 Å². The minimum Gasteiger partial charge on any atom is -0.305 e. The lowest BCUT2D eigenvalue weighted by Crippen LogP contribution is -2.12. The van der Waals surface area contributed by atoms with Crippen LogP contribution in [0.3, 0.4) is 0 Å². The maximum absolute atomic E-state index is 13.0. The number of nitrogens with zero attached hydrogens (tertiary/aromatic N) is 1. The van der Waals surface area contributed by atoms with Crippen LogP contribution in [0.1, 0.15) is 29.4 Å². The van der Waals surface area contributed by atoms with Gasteiger partial charge in [0, 0.05) is 23.4 Å². The first-order valence-corrected chi connectivity index (χ1v) is 5.90. The summed E-state index contributed by atoms with van der Waals surface area (Å²) in [4.78, 5) is 11.8. The van der Waals surface area contributed by atoms with Crippen LogP contribution in [0.4, 0.5) is 14.6 Å². The molecule has 1 amide bonds. The van der Waals surface area contributed by atoms with Crippen molar-refractivity contribution in [3.05, 3.63) is 47.2 Å². The van der Waals surface area contributed by atoms with Gasteiger partial charge in [-0.2, -0.15) is 5.10 Å². The lowest BCUT2D eigenvalue weighted by Gasteiger charge is -2.02. The second kappa shape index (κ2) is 5.60.